The van der Waals surface area contributed by atoms with Crippen molar-refractivity contribution >= 4 is 17.7 Å². The first-order valence-electron chi connectivity index (χ1n) is 11.1. The third-order valence-electron chi connectivity index (χ3n) is 5.93. The van der Waals surface area contributed by atoms with Crippen molar-refractivity contribution in [2.45, 2.75) is 46.1 Å². The molecule has 3 rings (SSSR count). The van der Waals surface area contributed by atoms with Crippen LogP contribution in [-0.2, 0) is 28.6 Å². The summed E-state index contributed by atoms with van der Waals surface area (Å²) in [5.74, 6) is -3.61. The van der Waals surface area contributed by atoms with Crippen LogP contribution in [0.15, 0.2) is 46.8 Å². The molecule has 0 amide bonds. The second-order valence-corrected chi connectivity index (χ2v) is 8.69. The molecule has 1 heterocycles. The Balaban J connectivity index is 2.04. The number of rotatable bonds is 7. The number of aromatic hydroxyl groups is 1. The normalized spacial score (nSPS) is 22.7. The van der Waals surface area contributed by atoms with Crippen LogP contribution in [0.1, 0.15) is 45.6 Å². The van der Waals surface area contributed by atoms with Crippen molar-refractivity contribution in [3.63, 3.8) is 0 Å². The number of methoxy groups -OCH3 is 1. The van der Waals surface area contributed by atoms with E-state index in [2.05, 4.69) is 5.32 Å². The van der Waals surface area contributed by atoms with Gasteiger partial charge in [0.1, 0.15) is 18.3 Å². The van der Waals surface area contributed by atoms with E-state index in [-0.39, 0.29) is 36.6 Å². The largest absolute Gasteiger partial charge is 0.508 e. The lowest BCUT2D eigenvalue weighted by molar-refractivity contribution is -0.151. The summed E-state index contributed by atoms with van der Waals surface area (Å²) in [6.45, 7) is 7.66. The summed E-state index contributed by atoms with van der Waals surface area (Å²) in [5.41, 5.74) is 2.37. The lowest BCUT2D eigenvalue weighted by Crippen LogP contribution is -2.43. The molecule has 2 aliphatic rings. The third-order valence-corrected chi connectivity index (χ3v) is 5.93. The summed E-state index contributed by atoms with van der Waals surface area (Å²) < 4.78 is 15.8. The van der Waals surface area contributed by atoms with E-state index >= 15 is 0 Å². The van der Waals surface area contributed by atoms with Crippen LogP contribution < -0.4 is 5.32 Å². The fourth-order valence-electron chi connectivity index (χ4n) is 4.48. The van der Waals surface area contributed by atoms with Crippen LogP contribution in [0.25, 0.3) is 0 Å². The number of ketones is 1. The minimum absolute atomic E-state index is 0.00466. The van der Waals surface area contributed by atoms with E-state index < -0.39 is 29.6 Å². The molecule has 0 fully saturated rings. The predicted octanol–water partition coefficient (Wildman–Crippen LogP) is 2.97. The van der Waals surface area contributed by atoms with E-state index in [1.54, 1.807) is 19.1 Å². The quantitative estimate of drug-likeness (QED) is 0.365. The summed E-state index contributed by atoms with van der Waals surface area (Å²) >= 11 is 0. The lowest BCUT2D eigenvalue weighted by atomic mass is 9.69. The van der Waals surface area contributed by atoms with Gasteiger partial charge in [-0.25, -0.2) is 4.79 Å². The molecule has 1 aromatic carbocycles. The van der Waals surface area contributed by atoms with Gasteiger partial charge in [0.15, 0.2) is 5.78 Å². The maximum Gasteiger partial charge on any atom is 0.336 e. The van der Waals surface area contributed by atoms with E-state index in [0.29, 0.717) is 29.0 Å². The van der Waals surface area contributed by atoms with Crippen LogP contribution in [0.5, 0.6) is 5.75 Å². The molecule has 0 saturated heterocycles. The Morgan fingerprint density at radius 1 is 1.24 bits per heavy atom. The number of Topliss-reactive ketones (excluding diaryl/α,β-unsaturated/α-hetero) is 1. The van der Waals surface area contributed by atoms with Crippen LogP contribution in [0, 0.1) is 11.8 Å². The molecule has 33 heavy (non-hydrogen) atoms. The highest BCUT2D eigenvalue weighted by Gasteiger charge is 2.47. The van der Waals surface area contributed by atoms with E-state index in [1.165, 1.54) is 19.2 Å². The van der Waals surface area contributed by atoms with Crippen molar-refractivity contribution in [1.29, 1.82) is 0 Å². The van der Waals surface area contributed by atoms with Crippen molar-refractivity contribution < 1.29 is 33.7 Å². The standard InChI is InChI=1S/C25H31NO7/c1-13(2)32-9-10-33-25(30)20-15(4)26-18-11-14(3)19(24(29)31-5)23(28)22(18)21(20)16-7-6-8-17(27)12-16/h6-8,12-14,19,21,26-27H,9-11H2,1-5H3. The Kier molecular flexibility index (Phi) is 7.58. The summed E-state index contributed by atoms with van der Waals surface area (Å²) in [6.07, 6.45) is 0.448. The molecule has 8 nitrogen and oxygen atoms in total. The molecular formula is C25H31NO7. The first-order valence-corrected chi connectivity index (χ1v) is 11.1. The number of ether oxygens (including phenoxy) is 3. The topological polar surface area (TPSA) is 111 Å². The number of phenols is 1. The van der Waals surface area contributed by atoms with Crippen LogP contribution in [0.3, 0.4) is 0 Å². The van der Waals surface area contributed by atoms with Crippen LogP contribution in [-0.4, -0.2) is 49.3 Å². The molecule has 3 unspecified atom stereocenters. The minimum Gasteiger partial charge on any atom is -0.508 e. The predicted molar refractivity (Wildman–Crippen MR) is 120 cm³/mol. The Hall–Kier alpha value is -3.13. The van der Waals surface area contributed by atoms with Crippen molar-refractivity contribution in [2.24, 2.45) is 11.8 Å². The first-order chi connectivity index (χ1) is 15.6. The molecule has 0 radical (unpaired) electrons. The van der Waals surface area contributed by atoms with E-state index in [0.717, 1.165) is 0 Å². The molecule has 0 saturated carbocycles. The monoisotopic (exact) mass is 457 g/mol. The number of hydrogen-bond donors (Lipinski definition) is 2. The van der Waals surface area contributed by atoms with Gasteiger partial charge >= 0.3 is 11.9 Å². The number of esters is 2. The third kappa shape index (κ3) is 5.11. The van der Waals surface area contributed by atoms with Crippen LogP contribution in [0.4, 0.5) is 0 Å². The van der Waals surface area contributed by atoms with Gasteiger partial charge in [-0.3, -0.25) is 9.59 Å². The molecule has 0 spiro atoms. The fourth-order valence-corrected chi connectivity index (χ4v) is 4.48. The maximum absolute atomic E-state index is 13.6. The van der Waals surface area contributed by atoms with Gasteiger partial charge < -0.3 is 24.6 Å². The number of carbonyl (C=O) groups excluding carboxylic acids is 3. The molecule has 0 bridgehead atoms. The second kappa shape index (κ2) is 10.2. The summed E-state index contributed by atoms with van der Waals surface area (Å²) in [6, 6.07) is 6.41. The number of nitrogens with one attached hydrogen (secondary N) is 1. The molecular weight excluding hydrogens is 426 g/mol. The van der Waals surface area contributed by atoms with Gasteiger partial charge in [0, 0.05) is 22.9 Å². The zero-order chi connectivity index (χ0) is 24.3. The van der Waals surface area contributed by atoms with Gasteiger partial charge in [0.2, 0.25) is 0 Å². The Bertz CT molecular complexity index is 1010. The maximum atomic E-state index is 13.6. The number of phenolic OH excluding ortho intramolecular Hbond substituents is 1. The fraction of sp³-hybridized carbons (Fsp3) is 0.480. The van der Waals surface area contributed by atoms with Gasteiger partial charge in [-0.1, -0.05) is 19.1 Å². The number of allylic oxidation sites excluding steroid dienone is 3. The first kappa shape index (κ1) is 24.5. The summed E-state index contributed by atoms with van der Waals surface area (Å²) in [4.78, 5) is 39.2. The highest BCUT2D eigenvalue weighted by molar-refractivity contribution is 6.12. The van der Waals surface area contributed by atoms with Gasteiger partial charge in [-0.15, -0.1) is 0 Å². The summed E-state index contributed by atoms with van der Waals surface area (Å²) in [5, 5.41) is 13.3. The number of hydrogen-bond acceptors (Lipinski definition) is 8. The smallest absolute Gasteiger partial charge is 0.336 e. The van der Waals surface area contributed by atoms with Gasteiger partial charge in [-0.05, 0) is 50.8 Å². The molecule has 1 aliphatic heterocycles. The number of dihydropyridines is 1. The highest BCUT2D eigenvalue weighted by Crippen LogP contribution is 2.45. The molecule has 8 heteroatoms. The van der Waals surface area contributed by atoms with Crippen molar-refractivity contribution in [2.75, 3.05) is 20.3 Å². The molecule has 1 aromatic rings. The van der Waals surface area contributed by atoms with E-state index in [4.69, 9.17) is 14.2 Å². The summed E-state index contributed by atoms with van der Waals surface area (Å²) in [7, 11) is 1.25. The highest BCUT2D eigenvalue weighted by atomic mass is 16.6. The van der Waals surface area contributed by atoms with Gasteiger partial charge in [0.25, 0.3) is 0 Å². The van der Waals surface area contributed by atoms with Gasteiger partial charge in [0.05, 0.1) is 25.4 Å². The van der Waals surface area contributed by atoms with Crippen LogP contribution in [0.2, 0.25) is 0 Å². The van der Waals surface area contributed by atoms with Crippen LogP contribution >= 0.6 is 0 Å². The van der Waals surface area contributed by atoms with Crippen molar-refractivity contribution in [3.8, 4) is 5.75 Å². The average molecular weight is 458 g/mol. The zero-order valence-corrected chi connectivity index (χ0v) is 19.6. The zero-order valence-electron chi connectivity index (χ0n) is 19.6. The Labute approximate surface area is 193 Å². The van der Waals surface area contributed by atoms with E-state index in [9.17, 15) is 19.5 Å². The van der Waals surface area contributed by atoms with Gasteiger partial charge in [-0.2, -0.15) is 0 Å². The van der Waals surface area contributed by atoms with E-state index in [1.807, 2.05) is 20.8 Å². The molecule has 0 aromatic heterocycles. The molecule has 3 atom stereocenters. The number of benzene rings is 1. The lowest BCUT2D eigenvalue weighted by Gasteiger charge is -2.38. The van der Waals surface area contributed by atoms with Crippen molar-refractivity contribution in [1.82, 2.24) is 5.32 Å². The number of carbonyl (C=O) groups is 3. The molecule has 1 aliphatic carbocycles. The molecule has 2 N–H and O–H groups in total. The van der Waals surface area contributed by atoms with Crippen molar-refractivity contribution in [3.05, 3.63) is 52.4 Å². The average Bonchev–Trinajstić information content (AvgIpc) is 2.75. The Morgan fingerprint density at radius 3 is 2.61 bits per heavy atom. The SMILES string of the molecule is COC(=O)C1C(=O)C2=C(CC1C)NC(C)=C(C(=O)OCCOC(C)C)C2c1cccc(O)c1. The second-order valence-electron chi connectivity index (χ2n) is 8.69. The minimum atomic E-state index is -0.967. The Morgan fingerprint density at radius 2 is 1.97 bits per heavy atom. The molecule has 178 valence electrons.